The summed E-state index contributed by atoms with van der Waals surface area (Å²) in [5, 5.41) is 1.20. The molecule has 0 aliphatic carbocycles. The molecule has 1 aromatic heterocycles. The fourth-order valence-corrected chi connectivity index (χ4v) is 1.02. The van der Waals surface area contributed by atoms with Crippen molar-refractivity contribution in [3.63, 3.8) is 0 Å². The van der Waals surface area contributed by atoms with E-state index in [1.807, 2.05) is 30.5 Å². The quantitative estimate of drug-likeness (QED) is 0.575. The molecule has 2 aromatic rings. The molecule has 60 valence electrons. The Balaban J connectivity index is -0.000000302. The van der Waals surface area contributed by atoms with Crippen molar-refractivity contribution in [3.8, 4) is 0 Å². The standard InChI is InChI=1S/C9H7N.Ca.H2O.2H/c1-2-6-9-8(4-1)5-3-7-10-9;;;;/h1-7H;;1H2;;/q;+2;;2*-1. The summed E-state index contributed by atoms with van der Waals surface area (Å²) in [4.78, 5) is 4.18. The second kappa shape index (κ2) is 5.49. The predicted octanol–water partition coefficient (Wildman–Crippen LogP) is 1.25. The fraction of sp³-hybridized carbons (Fsp3) is 0. The monoisotopic (exact) mass is 189 g/mol. The molecule has 0 bridgehead atoms. The van der Waals surface area contributed by atoms with Gasteiger partial charge in [0.05, 0.1) is 5.52 Å². The molecule has 0 fully saturated rings. The Hall–Kier alpha value is -0.150. The van der Waals surface area contributed by atoms with E-state index in [-0.39, 0.29) is 46.1 Å². The van der Waals surface area contributed by atoms with Crippen LogP contribution in [0.4, 0.5) is 0 Å². The minimum Gasteiger partial charge on any atom is -1.00 e. The minimum absolute atomic E-state index is 0. The number of para-hydroxylation sites is 1. The van der Waals surface area contributed by atoms with E-state index in [0.29, 0.717) is 0 Å². The number of nitrogens with zero attached hydrogens (tertiary/aromatic N) is 1. The topological polar surface area (TPSA) is 44.4 Å². The van der Waals surface area contributed by atoms with E-state index < -0.39 is 0 Å². The van der Waals surface area contributed by atoms with Gasteiger partial charge in [0, 0.05) is 11.6 Å². The van der Waals surface area contributed by atoms with Gasteiger partial charge in [0.25, 0.3) is 0 Å². The average molecular weight is 189 g/mol. The minimum atomic E-state index is 0. The van der Waals surface area contributed by atoms with Crippen molar-refractivity contribution in [2.24, 2.45) is 0 Å². The first-order valence-electron chi connectivity index (χ1n) is 3.26. The van der Waals surface area contributed by atoms with Crippen molar-refractivity contribution < 1.29 is 8.33 Å². The molecule has 0 saturated carbocycles. The van der Waals surface area contributed by atoms with Crippen LogP contribution in [0.3, 0.4) is 0 Å². The molecular weight excluding hydrogens is 178 g/mol. The van der Waals surface area contributed by atoms with Gasteiger partial charge in [-0.25, -0.2) is 0 Å². The van der Waals surface area contributed by atoms with Gasteiger partial charge in [-0.15, -0.1) is 0 Å². The van der Waals surface area contributed by atoms with Crippen molar-refractivity contribution in [2.45, 2.75) is 0 Å². The van der Waals surface area contributed by atoms with Gasteiger partial charge < -0.3 is 8.33 Å². The molecule has 3 heteroatoms. The van der Waals surface area contributed by atoms with Crippen LogP contribution in [0.15, 0.2) is 42.6 Å². The second-order valence-electron chi connectivity index (χ2n) is 2.20. The van der Waals surface area contributed by atoms with Gasteiger partial charge in [0.2, 0.25) is 0 Å². The van der Waals surface area contributed by atoms with Gasteiger partial charge in [-0.1, -0.05) is 24.3 Å². The van der Waals surface area contributed by atoms with Crippen LogP contribution in [0.1, 0.15) is 2.85 Å². The van der Waals surface area contributed by atoms with Crippen LogP contribution in [-0.2, 0) is 0 Å². The maximum atomic E-state index is 4.18. The SMILES string of the molecule is O.[Ca+2].[H-].[H-].c1ccc2ncccc2c1. The Labute approximate surface area is 104 Å². The normalized spacial score (nSPS) is 8.33. The molecule has 0 atom stereocenters. The summed E-state index contributed by atoms with van der Waals surface area (Å²) >= 11 is 0. The van der Waals surface area contributed by atoms with Gasteiger partial charge in [-0.2, -0.15) is 0 Å². The van der Waals surface area contributed by atoms with E-state index in [9.17, 15) is 0 Å². The maximum absolute atomic E-state index is 4.18. The summed E-state index contributed by atoms with van der Waals surface area (Å²) in [6.07, 6.45) is 1.81. The van der Waals surface area contributed by atoms with Crippen LogP contribution in [0, 0.1) is 0 Å². The zero-order chi connectivity index (χ0) is 6.81. The zero-order valence-electron chi connectivity index (χ0n) is 8.70. The summed E-state index contributed by atoms with van der Waals surface area (Å²) in [5.41, 5.74) is 1.06. The largest absolute Gasteiger partial charge is 2.00 e. The Kier molecular flexibility index (Phi) is 5.42. The molecule has 1 aromatic carbocycles. The first kappa shape index (κ1) is 11.8. The first-order valence-corrected chi connectivity index (χ1v) is 3.26. The molecule has 0 aliphatic rings. The summed E-state index contributed by atoms with van der Waals surface area (Å²) in [5.74, 6) is 0. The van der Waals surface area contributed by atoms with E-state index in [0.717, 1.165) is 5.52 Å². The summed E-state index contributed by atoms with van der Waals surface area (Å²) in [7, 11) is 0. The average Bonchev–Trinajstić information content (AvgIpc) is 2.05. The number of hydrogen-bond donors (Lipinski definition) is 0. The van der Waals surface area contributed by atoms with Crippen LogP contribution in [-0.4, -0.2) is 48.2 Å². The van der Waals surface area contributed by atoms with Gasteiger partial charge in [-0.05, 0) is 12.1 Å². The number of pyridine rings is 1. The maximum Gasteiger partial charge on any atom is 2.00 e. The van der Waals surface area contributed by atoms with Crippen molar-refractivity contribution in [1.29, 1.82) is 0 Å². The van der Waals surface area contributed by atoms with Crippen LogP contribution < -0.4 is 0 Å². The Morgan fingerprint density at radius 1 is 1.00 bits per heavy atom. The second-order valence-corrected chi connectivity index (χ2v) is 2.20. The number of rotatable bonds is 0. The van der Waals surface area contributed by atoms with E-state index in [1.54, 1.807) is 0 Å². The third kappa shape index (κ3) is 2.42. The molecular formula is C9H11CaNO. The molecule has 2 rings (SSSR count). The smallest absolute Gasteiger partial charge is 1.00 e. The number of hydrogen-bond acceptors (Lipinski definition) is 1. The Morgan fingerprint density at radius 2 is 1.67 bits per heavy atom. The number of aromatic nitrogens is 1. The van der Waals surface area contributed by atoms with Gasteiger partial charge in [0.15, 0.2) is 0 Å². The molecule has 0 amide bonds. The third-order valence-electron chi connectivity index (χ3n) is 1.51. The van der Waals surface area contributed by atoms with E-state index in [1.165, 1.54) is 5.39 Å². The van der Waals surface area contributed by atoms with Crippen molar-refractivity contribution >= 4 is 48.6 Å². The van der Waals surface area contributed by atoms with Crippen LogP contribution in [0.2, 0.25) is 0 Å². The first-order chi connectivity index (χ1) is 4.97. The molecule has 2 N–H and O–H groups in total. The number of benzene rings is 1. The zero-order valence-corrected chi connectivity index (χ0v) is 8.90. The van der Waals surface area contributed by atoms with E-state index >= 15 is 0 Å². The molecule has 0 aliphatic heterocycles. The molecule has 0 spiro atoms. The van der Waals surface area contributed by atoms with E-state index in [4.69, 9.17) is 0 Å². The molecule has 0 unspecified atom stereocenters. The summed E-state index contributed by atoms with van der Waals surface area (Å²) < 4.78 is 0. The fourth-order valence-electron chi connectivity index (χ4n) is 1.02. The Morgan fingerprint density at radius 3 is 2.42 bits per heavy atom. The van der Waals surface area contributed by atoms with Gasteiger partial charge in [0.1, 0.15) is 0 Å². The van der Waals surface area contributed by atoms with Gasteiger partial charge >= 0.3 is 37.7 Å². The molecule has 12 heavy (non-hydrogen) atoms. The van der Waals surface area contributed by atoms with Crippen LogP contribution in [0.5, 0.6) is 0 Å². The third-order valence-corrected chi connectivity index (χ3v) is 1.51. The predicted molar refractivity (Wildman–Crippen MR) is 53.3 cm³/mol. The van der Waals surface area contributed by atoms with Crippen molar-refractivity contribution in [1.82, 2.24) is 4.98 Å². The molecule has 0 saturated heterocycles. The molecule has 2 nitrogen and oxygen atoms in total. The van der Waals surface area contributed by atoms with Crippen LogP contribution >= 0.6 is 0 Å². The van der Waals surface area contributed by atoms with E-state index in [2.05, 4.69) is 17.1 Å². The van der Waals surface area contributed by atoms with Crippen LogP contribution in [0.25, 0.3) is 10.9 Å². The summed E-state index contributed by atoms with van der Waals surface area (Å²) in [6, 6.07) is 12.1. The Bertz CT molecular complexity index is 294. The molecule has 0 radical (unpaired) electrons. The number of fused-ring (bicyclic) bond motifs is 1. The van der Waals surface area contributed by atoms with Crippen molar-refractivity contribution in [2.75, 3.05) is 0 Å². The summed E-state index contributed by atoms with van der Waals surface area (Å²) in [6.45, 7) is 0. The molecule has 1 heterocycles. The van der Waals surface area contributed by atoms with Gasteiger partial charge in [-0.3, -0.25) is 4.98 Å². The van der Waals surface area contributed by atoms with Crippen molar-refractivity contribution in [3.05, 3.63) is 42.6 Å².